The number of hydrogen-bond acceptors (Lipinski definition) is 4. The second kappa shape index (κ2) is 3.61. The monoisotopic (exact) mass is 237 g/mol. The van der Waals surface area contributed by atoms with Gasteiger partial charge in [0.15, 0.2) is 5.60 Å². The maximum absolute atomic E-state index is 11.4. The molecule has 2 unspecified atom stereocenters. The topological polar surface area (TPSA) is 78.6 Å². The number of hydrogen-bond donors (Lipinski definition) is 1. The van der Waals surface area contributed by atoms with Crippen LogP contribution in [0.15, 0.2) is 24.7 Å². The smallest absolute Gasteiger partial charge is 0.335 e. The summed E-state index contributed by atoms with van der Waals surface area (Å²) in [5, 5.41) is 0. The Morgan fingerprint density at radius 2 is 2.24 bits per heavy atom. The lowest BCUT2D eigenvalue weighted by Gasteiger charge is -2.27. The third kappa shape index (κ3) is 1.71. The van der Waals surface area contributed by atoms with Gasteiger partial charge in [0.2, 0.25) is 0 Å². The Labute approximate surface area is 99.3 Å². The van der Waals surface area contributed by atoms with Crippen molar-refractivity contribution in [3.63, 3.8) is 0 Å². The van der Waals surface area contributed by atoms with Crippen LogP contribution in [-0.2, 0) is 19.1 Å². The molecule has 2 rings (SSSR count). The third-order valence-corrected chi connectivity index (χ3v) is 3.55. The van der Waals surface area contributed by atoms with Crippen molar-refractivity contribution >= 4 is 11.9 Å². The molecule has 1 aliphatic heterocycles. The summed E-state index contributed by atoms with van der Waals surface area (Å²) < 4.78 is 10.4. The van der Waals surface area contributed by atoms with Crippen LogP contribution in [0.1, 0.15) is 26.2 Å². The fourth-order valence-electron chi connectivity index (χ4n) is 2.50. The molecule has 5 nitrogen and oxygen atoms in total. The highest BCUT2D eigenvalue weighted by Gasteiger charge is 2.60. The molecule has 2 aliphatic rings. The lowest BCUT2D eigenvalue weighted by atomic mass is 9.87. The molecule has 92 valence electrons. The van der Waals surface area contributed by atoms with Crippen LogP contribution in [0.25, 0.3) is 0 Å². The van der Waals surface area contributed by atoms with Gasteiger partial charge in [-0.05, 0) is 12.8 Å². The van der Waals surface area contributed by atoms with E-state index in [4.69, 9.17) is 15.2 Å². The van der Waals surface area contributed by atoms with E-state index < -0.39 is 17.5 Å². The molecule has 0 radical (unpaired) electrons. The highest BCUT2D eigenvalue weighted by Crippen LogP contribution is 2.58. The number of rotatable bonds is 3. The second-order valence-electron chi connectivity index (χ2n) is 4.82. The summed E-state index contributed by atoms with van der Waals surface area (Å²) in [6.45, 7) is 5.26. The first-order valence-corrected chi connectivity index (χ1v) is 5.44. The van der Waals surface area contributed by atoms with Crippen molar-refractivity contribution in [1.29, 1.82) is 0 Å². The molecule has 0 aromatic heterocycles. The minimum absolute atomic E-state index is 0.267. The zero-order valence-electron chi connectivity index (χ0n) is 9.69. The van der Waals surface area contributed by atoms with E-state index >= 15 is 0 Å². The van der Waals surface area contributed by atoms with Gasteiger partial charge in [-0.2, -0.15) is 0 Å². The molecular weight excluding hydrogens is 222 g/mol. The van der Waals surface area contributed by atoms with Gasteiger partial charge in [-0.3, -0.25) is 4.79 Å². The van der Waals surface area contributed by atoms with Crippen LogP contribution in [0.5, 0.6) is 0 Å². The fraction of sp³-hybridized carbons (Fsp3) is 0.500. The molecular formula is C12H15NO4. The predicted molar refractivity (Wildman–Crippen MR) is 59.3 cm³/mol. The predicted octanol–water partition coefficient (Wildman–Crippen LogP) is 1.00. The quantitative estimate of drug-likeness (QED) is 0.451. The van der Waals surface area contributed by atoms with Gasteiger partial charge >= 0.3 is 5.97 Å². The molecule has 1 saturated heterocycles. The third-order valence-electron chi connectivity index (χ3n) is 3.55. The van der Waals surface area contributed by atoms with Crippen LogP contribution < -0.4 is 5.73 Å². The van der Waals surface area contributed by atoms with Crippen molar-refractivity contribution < 1.29 is 19.1 Å². The fourth-order valence-corrected chi connectivity index (χ4v) is 2.50. The molecule has 2 atom stereocenters. The first kappa shape index (κ1) is 11.7. The number of primary amides is 1. The van der Waals surface area contributed by atoms with Crippen molar-refractivity contribution in [1.82, 2.24) is 0 Å². The zero-order valence-corrected chi connectivity index (χ0v) is 9.69. The Hall–Kier alpha value is -1.78. The normalized spacial score (nSPS) is 36.6. The Balaban J connectivity index is 2.20. The number of ether oxygens (including phenoxy) is 2. The van der Waals surface area contributed by atoms with Crippen LogP contribution in [0.4, 0.5) is 0 Å². The average Bonchev–Trinajstić information content (AvgIpc) is 2.77. The van der Waals surface area contributed by atoms with Crippen LogP contribution in [-0.4, -0.2) is 17.5 Å². The van der Waals surface area contributed by atoms with Crippen LogP contribution in [0, 0.1) is 5.41 Å². The Kier molecular flexibility index (Phi) is 2.49. The molecule has 0 spiro atoms. The van der Waals surface area contributed by atoms with Gasteiger partial charge in [-0.25, -0.2) is 4.79 Å². The van der Waals surface area contributed by atoms with E-state index in [0.29, 0.717) is 18.6 Å². The van der Waals surface area contributed by atoms with Gasteiger partial charge in [0.05, 0.1) is 0 Å². The molecule has 1 aliphatic carbocycles. The molecule has 2 fully saturated rings. The Morgan fingerprint density at radius 1 is 1.53 bits per heavy atom. The van der Waals surface area contributed by atoms with E-state index in [1.165, 1.54) is 6.26 Å². The van der Waals surface area contributed by atoms with Crippen molar-refractivity contribution in [3.05, 3.63) is 24.7 Å². The molecule has 2 N–H and O–H groups in total. The molecule has 17 heavy (non-hydrogen) atoms. The lowest BCUT2D eigenvalue weighted by molar-refractivity contribution is -0.136. The number of carbonyl (C=O) groups is 2. The maximum atomic E-state index is 11.4. The molecule has 5 heteroatoms. The Morgan fingerprint density at radius 3 is 2.76 bits per heavy atom. The highest BCUT2D eigenvalue weighted by atomic mass is 16.6. The van der Waals surface area contributed by atoms with Crippen molar-refractivity contribution in [3.8, 4) is 0 Å². The van der Waals surface area contributed by atoms with E-state index in [9.17, 15) is 9.59 Å². The minimum Gasteiger partial charge on any atom is -0.478 e. The van der Waals surface area contributed by atoms with E-state index in [1.54, 1.807) is 0 Å². The zero-order chi connectivity index (χ0) is 12.7. The van der Waals surface area contributed by atoms with Gasteiger partial charge in [-0.1, -0.05) is 13.5 Å². The summed E-state index contributed by atoms with van der Waals surface area (Å²) in [6, 6.07) is 0. The summed E-state index contributed by atoms with van der Waals surface area (Å²) in [5.74, 6) is -0.502. The van der Waals surface area contributed by atoms with E-state index in [-0.39, 0.29) is 5.41 Å². The second-order valence-corrected chi connectivity index (χ2v) is 4.82. The number of nitrogens with two attached hydrogens (primary N) is 1. The molecule has 2 bridgehead atoms. The highest BCUT2D eigenvalue weighted by molar-refractivity contribution is 5.85. The number of esters is 1. The first-order valence-electron chi connectivity index (χ1n) is 5.44. The van der Waals surface area contributed by atoms with E-state index in [1.807, 2.05) is 6.92 Å². The molecule has 0 aromatic rings. The van der Waals surface area contributed by atoms with Crippen LogP contribution in [0.3, 0.4) is 0 Å². The van der Waals surface area contributed by atoms with E-state index in [2.05, 4.69) is 6.58 Å². The summed E-state index contributed by atoms with van der Waals surface area (Å²) in [4.78, 5) is 22.4. The number of amides is 1. The molecule has 1 saturated carbocycles. The summed E-state index contributed by atoms with van der Waals surface area (Å²) in [5.41, 5.74) is 4.18. The standard InChI is InChI=1S/C12H15NO4/c1-3-9(14)16-6-8-11(2)4-5-12(7-11,17-8)10(13)15/h3,6H,1,4-5,7H2,2H3,(H2,13,15). The number of fused-ring (bicyclic) bond motifs is 2. The molecule has 0 aromatic carbocycles. The Bertz CT molecular complexity index is 428. The number of allylic oxidation sites excluding steroid dienone is 1. The summed E-state index contributed by atoms with van der Waals surface area (Å²) in [7, 11) is 0. The van der Waals surface area contributed by atoms with Crippen molar-refractivity contribution in [2.24, 2.45) is 11.1 Å². The average molecular weight is 237 g/mol. The summed E-state index contributed by atoms with van der Waals surface area (Å²) in [6.07, 6.45) is 4.29. The van der Waals surface area contributed by atoms with Gasteiger partial charge in [0.1, 0.15) is 12.0 Å². The van der Waals surface area contributed by atoms with Gasteiger partial charge in [0, 0.05) is 17.9 Å². The van der Waals surface area contributed by atoms with Gasteiger partial charge < -0.3 is 15.2 Å². The minimum atomic E-state index is -0.916. The number of carbonyl (C=O) groups excluding carboxylic acids is 2. The van der Waals surface area contributed by atoms with Crippen molar-refractivity contribution in [2.75, 3.05) is 0 Å². The lowest BCUT2D eigenvalue weighted by Crippen LogP contribution is -2.41. The summed E-state index contributed by atoms with van der Waals surface area (Å²) >= 11 is 0. The van der Waals surface area contributed by atoms with Gasteiger partial charge in [-0.15, -0.1) is 0 Å². The SMILES string of the molecule is C=CC(=O)OC=C1OC2(C(N)=O)CCC1(C)C2. The molecule has 1 amide bonds. The van der Waals surface area contributed by atoms with Crippen LogP contribution in [0.2, 0.25) is 0 Å². The maximum Gasteiger partial charge on any atom is 0.335 e. The van der Waals surface area contributed by atoms with Crippen LogP contribution >= 0.6 is 0 Å². The molecule has 1 heterocycles. The van der Waals surface area contributed by atoms with E-state index in [0.717, 1.165) is 12.5 Å². The van der Waals surface area contributed by atoms with Crippen molar-refractivity contribution in [2.45, 2.75) is 31.8 Å². The first-order chi connectivity index (χ1) is 7.92. The van der Waals surface area contributed by atoms with Gasteiger partial charge in [0.25, 0.3) is 5.91 Å². The largest absolute Gasteiger partial charge is 0.478 e.